The summed E-state index contributed by atoms with van der Waals surface area (Å²) in [6, 6.07) is 7.97. The van der Waals surface area contributed by atoms with Crippen molar-refractivity contribution in [2.75, 3.05) is 39.4 Å². The lowest BCUT2D eigenvalue weighted by Gasteiger charge is -2.35. The second-order valence-electron chi connectivity index (χ2n) is 7.10. The summed E-state index contributed by atoms with van der Waals surface area (Å²) in [6.07, 6.45) is 5.95. The third kappa shape index (κ3) is 5.44. The van der Waals surface area contributed by atoms with Crippen molar-refractivity contribution in [2.45, 2.75) is 44.6 Å². The summed E-state index contributed by atoms with van der Waals surface area (Å²) < 4.78 is 5.49. The second kappa shape index (κ2) is 9.56. The van der Waals surface area contributed by atoms with Gasteiger partial charge in [-0.3, -0.25) is 4.79 Å². The number of hydrogen-bond donors (Lipinski definition) is 0. The first-order valence-electron chi connectivity index (χ1n) is 9.57. The number of amides is 1. The SMILES string of the molecule is O=C(Cc1ccccc1Cl)N(CCCN1CCCC1)C1CCOCC1. The van der Waals surface area contributed by atoms with E-state index in [0.29, 0.717) is 17.5 Å². The molecule has 2 saturated heterocycles. The number of ether oxygens (including phenoxy) is 1. The lowest BCUT2D eigenvalue weighted by Crippen LogP contribution is -2.45. The van der Waals surface area contributed by atoms with Gasteiger partial charge >= 0.3 is 0 Å². The van der Waals surface area contributed by atoms with Crippen LogP contribution in [0.25, 0.3) is 0 Å². The van der Waals surface area contributed by atoms with E-state index in [9.17, 15) is 4.79 Å². The average Bonchev–Trinajstić information content (AvgIpc) is 3.15. The Hall–Kier alpha value is -1.10. The van der Waals surface area contributed by atoms with E-state index in [0.717, 1.165) is 51.1 Å². The Balaban J connectivity index is 1.59. The smallest absolute Gasteiger partial charge is 0.227 e. The molecule has 2 heterocycles. The molecular weight excluding hydrogens is 336 g/mol. The van der Waals surface area contributed by atoms with Gasteiger partial charge in [-0.25, -0.2) is 0 Å². The van der Waals surface area contributed by atoms with Crippen LogP contribution in [0.5, 0.6) is 0 Å². The van der Waals surface area contributed by atoms with Crippen LogP contribution in [0.2, 0.25) is 5.02 Å². The van der Waals surface area contributed by atoms with E-state index in [1.807, 2.05) is 24.3 Å². The topological polar surface area (TPSA) is 32.8 Å². The zero-order valence-corrected chi connectivity index (χ0v) is 15.7. The van der Waals surface area contributed by atoms with Crippen LogP contribution in [0, 0.1) is 0 Å². The lowest BCUT2D eigenvalue weighted by molar-refractivity contribution is -0.134. The van der Waals surface area contributed by atoms with Crippen molar-refractivity contribution >= 4 is 17.5 Å². The Bertz CT molecular complexity index is 554. The molecule has 0 aromatic heterocycles. The van der Waals surface area contributed by atoms with Gasteiger partial charge < -0.3 is 14.5 Å². The fourth-order valence-electron chi connectivity index (χ4n) is 3.88. The molecule has 1 amide bonds. The fraction of sp³-hybridized carbons (Fsp3) is 0.650. The van der Waals surface area contributed by atoms with Crippen LogP contribution < -0.4 is 0 Å². The highest BCUT2D eigenvalue weighted by atomic mass is 35.5. The predicted molar refractivity (Wildman–Crippen MR) is 101 cm³/mol. The Labute approximate surface area is 156 Å². The summed E-state index contributed by atoms with van der Waals surface area (Å²) in [7, 11) is 0. The zero-order chi connectivity index (χ0) is 17.5. The summed E-state index contributed by atoms with van der Waals surface area (Å²) in [5, 5.41) is 0.680. The van der Waals surface area contributed by atoms with Gasteiger partial charge in [-0.05, 0) is 63.4 Å². The van der Waals surface area contributed by atoms with Crippen molar-refractivity contribution in [3.05, 3.63) is 34.9 Å². The molecule has 2 aliphatic rings. The van der Waals surface area contributed by atoms with Gasteiger partial charge in [0.05, 0.1) is 6.42 Å². The normalized spacial score (nSPS) is 19.2. The highest BCUT2D eigenvalue weighted by molar-refractivity contribution is 6.31. The van der Waals surface area contributed by atoms with E-state index in [2.05, 4.69) is 9.80 Å². The minimum Gasteiger partial charge on any atom is -0.381 e. The molecule has 0 bridgehead atoms. The van der Waals surface area contributed by atoms with Crippen LogP contribution in [0.1, 0.15) is 37.7 Å². The van der Waals surface area contributed by atoms with Crippen LogP contribution in [-0.4, -0.2) is 61.1 Å². The van der Waals surface area contributed by atoms with Crippen molar-refractivity contribution in [2.24, 2.45) is 0 Å². The van der Waals surface area contributed by atoms with E-state index in [4.69, 9.17) is 16.3 Å². The summed E-state index contributed by atoms with van der Waals surface area (Å²) in [4.78, 5) is 17.6. The van der Waals surface area contributed by atoms with Crippen molar-refractivity contribution in [3.8, 4) is 0 Å². The number of nitrogens with zero attached hydrogens (tertiary/aromatic N) is 2. The highest BCUT2D eigenvalue weighted by Gasteiger charge is 2.26. The van der Waals surface area contributed by atoms with Gasteiger partial charge in [0.1, 0.15) is 0 Å². The van der Waals surface area contributed by atoms with Gasteiger partial charge in [0.2, 0.25) is 5.91 Å². The third-order valence-corrected chi connectivity index (χ3v) is 5.69. The van der Waals surface area contributed by atoms with E-state index < -0.39 is 0 Å². The molecule has 2 aliphatic heterocycles. The number of halogens is 1. The van der Waals surface area contributed by atoms with Crippen LogP contribution in [-0.2, 0) is 16.0 Å². The second-order valence-corrected chi connectivity index (χ2v) is 7.51. The van der Waals surface area contributed by atoms with Crippen molar-refractivity contribution < 1.29 is 9.53 Å². The van der Waals surface area contributed by atoms with Gasteiger partial charge in [-0.15, -0.1) is 0 Å². The molecule has 0 aliphatic carbocycles. The van der Waals surface area contributed by atoms with E-state index >= 15 is 0 Å². The van der Waals surface area contributed by atoms with E-state index in [-0.39, 0.29) is 5.91 Å². The molecule has 5 heteroatoms. The number of benzene rings is 1. The Morgan fingerprint density at radius 2 is 1.92 bits per heavy atom. The van der Waals surface area contributed by atoms with Crippen molar-refractivity contribution in [1.29, 1.82) is 0 Å². The number of carbonyl (C=O) groups is 1. The van der Waals surface area contributed by atoms with E-state index in [1.54, 1.807) is 0 Å². The average molecular weight is 365 g/mol. The highest BCUT2D eigenvalue weighted by Crippen LogP contribution is 2.20. The van der Waals surface area contributed by atoms with Gasteiger partial charge in [0.25, 0.3) is 0 Å². The first-order valence-corrected chi connectivity index (χ1v) is 9.95. The minimum absolute atomic E-state index is 0.196. The van der Waals surface area contributed by atoms with Crippen molar-refractivity contribution in [1.82, 2.24) is 9.80 Å². The summed E-state index contributed by atoms with van der Waals surface area (Å²) >= 11 is 6.25. The first kappa shape index (κ1) is 18.7. The van der Waals surface area contributed by atoms with Gasteiger partial charge in [0, 0.05) is 30.8 Å². The van der Waals surface area contributed by atoms with Crippen molar-refractivity contribution in [3.63, 3.8) is 0 Å². The quantitative estimate of drug-likeness (QED) is 0.743. The Morgan fingerprint density at radius 3 is 2.64 bits per heavy atom. The molecule has 25 heavy (non-hydrogen) atoms. The van der Waals surface area contributed by atoms with Crippen LogP contribution in [0.15, 0.2) is 24.3 Å². The monoisotopic (exact) mass is 364 g/mol. The summed E-state index contributed by atoms with van der Waals surface area (Å²) in [5.74, 6) is 0.196. The van der Waals surface area contributed by atoms with Gasteiger partial charge in [-0.2, -0.15) is 0 Å². The third-order valence-electron chi connectivity index (χ3n) is 5.32. The lowest BCUT2D eigenvalue weighted by atomic mass is 10.0. The van der Waals surface area contributed by atoms with Crippen LogP contribution >= 0.6 is 11.6 Å². The molecular formula is C20H29ClN2O2. The molecule has 138 valence electrons. The van der Waals surface area contributed by atoms with Crippen LogP contribution in [0.4, 0.5) is 0 Å². The minimum atomic E-state index is 0.196. The maximum Gasteiger partial charge on any atom is 0.227 e. The maximum absolute atomic E-state index is 13.0. The molecule has 1 aromatic rings. The van der Waals surface area contributed by atoms with Crippen LogP contribution in [0.3, 0.4) is 0 Å². The summed E-state index contributed by atoms with van der Waals surface area (Å²) in [5.41, 5.74) is 0.922. The predicted octanol–water partition coefficient (Wildman–Crippen LogP) is 3.38. The molecule has 0 spiro atoms. The molecule has 0 saturated carbocycles. The molecule has 0 radical (unpaired) electrons. The molecule has 2 fully saturated rings. The maximum atomic E-state index is 13.0. The standard InChI is InChI=1S/C20H29ClN2O2/c21-19-7-2-1-6-17(19)16-20(24)23(18-8-14-25-15-9-18)13-5-12-22-10-3-4-11-22/h1-2,6-7,18H,3-5,8-16H2. The van der Waals surface area contributed by atoms with E-state index in [1.165, 1.54) is 25.9 Å². The molecule has 3 rings (SSSR count). The van der Waals surface area contributed by atoms with Gasteiger partial charge in [-0.1, -0.05) is 29.8 Å². The molecule has 0 N–H and O–H groups in total. The number of carbonyl (C=O) groups excluding carboxylic acids is 1. The number of rotatable bonds is 7. The first-order chi connectivity index (χ1) is 12.2. The molecule has 4 nitrogen and oxygen atoms in total. The molecule has 1 aromatic carbocycles. The van der Waals surface area contributed by atoms with Gasteiger partial charge in [0.15, 0.2) is 0 Å². The Morgan fingerprint density at radius 1 is 1.20 bits per heavy atom. The summed E-state index contributed by atoms with van der Waals surface area (Å²) in [6.45, 7) is 5.87. The Kier molecular flexibility index (Phi) is 7.14. The zero-order valence-electron chi connectivity index (χ0n) is 15.0. The largest absolute Gasteiger partial charge is 0.381 e. The molecule has 0 unspecified atom stereocenters. The fourth-order valence-corrected chi connectivity index (χ4v) is 4.09. The number of hydrogen-bond acceptors (Lipinski definition) is 3. The number of likely N-dealkylation sites (tertiary alicyclic amines) is 1. The molecule has 0 atom stereocenters.